The van der Waals surface area contributed by atoms with E-state index in [1.165, 1.54) is 0 Å². The maximum absolute atomic E-state index is 11.8. The van der Waals surface area contributed by atoms with E-state index in [0.717, 1.165) is 5.56 Å². The molecule has 0 spiro atoms. The summed E-state index contributed by atoms with van der Waals surface area (Å²) in [5.41, 5.74) is 11.6. The number of nitrogens with two attached hydrogens (primary N) is 2. The normalized spacial score (nSPS) is 11.8. The SMILES string of the molecule is Cc1cc(N)ccc1S(=O)CC(=O)NC(N)=O. The lowest BCUT2D eigenvalue weighted by Gasteiger charge is -2.06. The average Bonchev–Trinajstić information content (AvgIpc) is 2.15. The zero-order valence-corrected chi connectivity index (χ0v) is 10.0. The second-order valence-corrected chi connectivity index (χ2v) is 4.85. The van der Waals surface area contributed by atoms with Crippen LogP contribution in [0.1, 0.15) is 5.56 Å². The topological polar surface area (TPSA) is 115 Å². The number of primary amides is 1. The zero-order valence-electron chi connectivity index (χ0n) is 9.23. The van der Waals surface area contributed by atoms with Crippen LogP contribution in [-0.2, 0) is 15.6 Å². The number of nitrogen functional groups attached to an aromatic ring is 1. The summed E-state index contributed by atoms with van der Waals surface area (Å²) in [6, 6.07) is 3.91. The summed E-state index contributed by atoms with van der Waals surface area (Å²) in [6.07, 6.45) is 0. The van der Waals surface area contributed by atoms with Crippen LogP contribution in [0.3, 0.4) is 0 Å². The standard InChI is InChI=1S/C10H13N3O3S/c1-6-4-7(11)2-3-8(6)17(16)5-9(14)13-10(12)15/h2-4H,5,11H2,1H3,(H3,12,13,14,15). The van der Waals surface area contributed by atoms with E-state index in [2.05, 4.69) is 0 Å². The van der Waals surface area contributed by atoms with Crippen molar-refractivity contribution in [1.29, 1.82) is 0 Å². The van der Waals surface area contributed by atoms with Gasteiger partial charge in [-0.3, -0.25) is 14.3 Å². The average molecular weight is 255 g/mol. The summed E-state index contributed by atoms with van der Waals surface area (Å²) in [5.74, 6) is -0.986. The molecule has 6 nitrogen and oxygen atoms in total. The Morgan fingerprint density at radius 1 is 1.41 bits per heavy atom. The second-order valence-electron chi connectivity index (χ2n) is 3.43. The summed E-state index contributed by atoms with van der Waals surface area (Å²) in [4.78, 5) is 22.1. The van der Waals surface area contributed by atoms with Crippen molar-refractivity contribution in [2.24, 2.45) is 5.73 Å². The molecule has 1 unspecified atom stereocenters. The number of carbonyl (C=O) groups excluding carboxylic acids is 2. The van der Waals surface area contributed by atoms with Crippen LogP contribution in [0.25, 0.3) is 0 Å². The first-order valence-electron chi connectivity index (χ1n) is 4.74. The molecule has 7 heteroatoms. The van der Waals surface area contributed by atoms with Gasteiger partial charge in [-0.05, 0) is 30.7 Å². The number of hydrogen-bond acceptors (Lipinski definition) is 4. The lowest BCUT2D eigenvalue weighted by Crippen LogP contribution is -2.37. The third-order valence-electron chi connectivity index (χ3n) is 1.97. The number of imide groups is 1. The van der Waals surface area contributed by atoms with E-state index in [1.54, 1.807) is 25.1 Å². The van der Waals surface area contributed by atoms with E-state index in [4.69, 9.17) is 11.5 Å². The highest BCUT2D eigenvalue weighted by molar-refractivity contribution is 7.85. The van der Waals surface area contributed by atoms with Gasteiger partial charge in [0, 0.05) is 10.6 Å². The first kappa shape index (κ1) is 13.2. The molecule has 0 aliphatic heterocycles. The number of urea groups is 1. The molecule has 0 aromatic heterocycles. The van der Waals surface area contributed by atoms with Gasteiger partial charge in [-0.2, -0.15) is 0 Å². The molecule has 3 amide bonds. The molecular formula is C10H13N3O3S. The van der Waals surface area contributed by atoms with Crippen molar-refractivity contribution in [3.63, 3.8) is 0 Å². The fraction of sp³-hybridized carbons (Fsp3) is 0.200. The zero-order chi connectivity index (χ0) is 13.0. The minimum atomic E-state index is -1.53. The van der Waals surface area contributed by atoms with Gasteiger partial charge in [-0.15, -0.1) is 0 Å². The van der Waals surface area contributed by atoms with E-state index < -0.39 is 22.7 Å². The molecular weight excluding hydrogens is 242 g/mol. The Hall–Kier alpha value is -1.89. The van der Waals surface area contributed by atoms with Crippen LogP contribution in [0.15, 0.2) is 23.1 Å². The molecule has 0 aliphatic carbocycles. The molecule has 5 N–H and O–H groups in total. The quantitative estimate of drug-likeness (QED) is 0.653. The van der Waals surface area contributed by atoms with E-state index >= 15 is 0 Å². The van der Waals surface area contributed by atoms with Crippen molar-refractivity contribution in [1.82, 2.24) is 5.32 Å². The lowest BCUT2D eigenvalue weighted by atomic mass is 10.2. The van der Waals surface area contributed by atoms with Crippen LogP contribution in [0.4, 0.5) is 10.5 Å². The molecule has 0 aliphatic rings. The molecule has 17 heavy (non-hydrogen) atoms. The number of aryl methyl sites for hydroxylation is 1. The summed E-state index contributed by atoms with van der Waals surface area (Å²) in [6.45, 7) is 1.75. The van der Waals surface area contributed by atoms with Gasteiger partial charge in [0.2, 0.25) is 5.91 Å². The maximum Gasteiger partial charge on any atom is 0.318 e. The minimum Gasteiger partial charge on any atom is -0.399 e. The number of hydrogen-bond donors (Lipinski definition) is 3. The van der Waals surface area contributed by atoms with Gasteiger partial charge in [0.1, 0.15) is 5.75 Å². The molecule has 1 atom stereocenters. The van der Waals surface area contributed by atoms with Crippen molar-refractivity contribution in [3.8, 4) is 0 Å². The van der Waals surface area contributed by atoms with Gasteiger partial charge in [-0.25, -0.2) is 4.79 Å². The number of carbonyl (C=O) groups is 2. The fourth-order valence-electron chi connectivity index (χ4n) is 1.30. The molecule has 1 aromatic rings. The number of rotatable bonds is 3. The van der Waals surface area contributed by atoms with Gasteiger partial charge in [-0.1, -0.05) is 0 Å². The van der Waals surface area contributed by atoms with Crippen LogP contribution in [0.5, 0.6) is 0 Å². The summed E-state index contributed by atoms with van der Waals surface area (Å²) >= 11 is 0. The first-order valence-corrected chi connectivity index (χ1v) is 6.06. The van der Waals surface area contributed by atoms with E-state index in [9.17, 15) is 13.8 Å². The van der Waals surface area contributed by atoms with Gasteiger partial charge in [0.05, 0.1) is 10.8 Å². The van der Waals surface area contributed by atoms with Crippen molar-refractivity contribution in [2.45, 2.75) is 11.8 Å². The largest absolute Gasteiger partial charge is 0.399 e. The van der Waals surface area contributed by atoms with Crippen molar-refractivity contribution >= 4 is 28.4 Å². The lowest BCUT2D eigenvalue weighted by molar-refractivity contribution is -0.117. The fourth-order valence-corrected chi connectivity index (χ4v) is 2.40. The summed E-state index contributed by atoms with van der Waals surface area (Å²) < 4.78 is 11.8. The van der Waals surface area contributed by atoms with E-state index in [0.29, 0.717) is 10.6 Å². The third kappa shape index (κ3) is 3.87. The second kappa shape index (κ2) is 5.44. The van der Waals surface area contributed by atoms with Gasteiger partial charge in [0.15, 0.2) is 0 Å². The molecule has 0 heterocycles. The van der Waals surface area contributed by atoms with Crippen LogP contribution in [0, 0.1) is 6.92 Å². The number of anilines is 1. The van der Waals surface area contributed by atoms with Crippen LogP contribution in [0.2, 0.25) is 0 Å². The molecule has 1 rings (SSSR count). The minimum absolute atomic E-state index is 0.312. The Kier molecular flexibility index (Phi) is 4.22. The maximum atomic E-state index is 11.8. The van der Waals surface area contributed by atoms with E-state index in [-0.39, 0.29) is 5.75 Å². The Bertz CT molecular complexity index is 488. The van der Waals surface area contributed by atoms with Crippen LogP contribution < -0.4 is 16.8 Å². The molecule has 0 saturated heterocycles. The highest BCUT2D eigenvalue weighted by atomic mass is 32.2. The van der Waals surface area contributed by atoms with Crippen molar-refractivity contribution < 1.29 is 13.8 Å². The predicted octanol–water partition coefficient (Wildman–Crippen LogP) is -0.120. The Labute approximate surface area is 101 Å². The van der Waals surface area contributed by atoms with Gasteiger partial charge in [0.25, 0.3) is 0 Å². The summed E-state index contributed by atoms with van der Waals surface area (Å²) in [7, 11) is -1.53. The molecule has 0 radical (unpaired) electrons. The molecule has 0 saturated carbocycles. The van der Waals surface area contributed by atoms with Crippen molar-refractivity contribution in [2.75, 3.05) is 11.5 Å². The summed E-state index contributed by atoms with van der Waals surface area (Å²) in [5, 5.41) is 1.86. The first-order chi connectivity index (χ1) is 7.90. The number of amides is 3. The van der Waals surface area contributed by atoms with E-state index in [1.807, 2.05) is 5.32 Å². The van der Waals surface area contributed by atoms with Crippen molar-refractivity contribution in [3.05, 3.63) is 23.8 Å². The number of benzene rings is 1. The monoisotopic (exact) mass is 255 g/mol. The smallest absolute Gasteiger partial charge is 0.318 e. The van der Waals surface area contributed by atoms with Crippen LogP contribution >= 0.6 is 0 Å². The highest BCUT2D eigenvalue weighted by Gasteiger charge is 2.13. The Morgan fingerprint density at radius 2 is 2.06 bits per heavy atom. The number of nitrogens with one attached hydrogen (secondary N) is 1. The van der Waals surface area contributed by atoms with Crippen LogP contribution in [-0.4, -0.2) is 21.9 Å². The Morgan fingerprint density at radius 3 is 2.59 bits per heavy atom. The van der Waals surface area contributed by atoms with Gasteiger partial charge >= 0.3 is 6.03 Å². The highest BCUT2D eigenvalue weighted by Crippen LogP contribution is 2.16. The van der Waals surface area contributed by atoms with Gasteiger partial charge < -0.3 is 11.5 Å². The molecule has 0 bridgehead atoms. The Balaban J connectivity index is 2.76. The molecule has 0 fully saturated rings. The molecule has 92 valence electrons. The third-order valence-corrected chi connectivity index (χ3v) is 3.44. The molecule has 1 aromatic carbocycles. The predicted molar refractivity (Wildman–Crippen MR) is 64.6 cm³/mol.